The van der Waals surface area contributed by atoms with Crippen LogP contribution in [0.15, 0.2) is 48.5 Å². The number of rotatable bonds is 9. The Bertz CT molecular complexity index is 2320. The number of hydrogen-bond acceptors (Lipinski definition) is 8. The van der Waals surface area contributed by atoms with Crippen LogP contribution in [0.2, 0.25) is 0 Å². The first-order chi connectivity index (χ1) is 31.9. The Morgan fingerprint density at radius 3 is 1.63 bits per heavy atom. The Balaban J connectivity index is 0.679. The van der Waals surface area contributed by atoms with Crippen LogP contribution in [-0.2, 0) is 14.8 Å². The lowest BCUT2D eigenvalue weighted by Gasteiger charge is -2.60. The normalized spacial score (nSPS) is 32.2. The molecule has 4 N–H and O–H groups in total. The van der Waals surface area contributed by atoms with Crippen LogP contribution >= 0.6 is 0 Å². The van der Waals surface area contributed by atoms with Crippen molar-refractivity contribution >= 4 is 51.4 Å². The van der Waals surface area contributed by atoms with Gasteiger partial charge < -0.3 is 40.7 Å². The monoisotopic (exact) mass is 940 g/mol. The number of ether oxygens (including phenoxy) is 1. The predicted molar refractivity (Wildman–Crippen MR) is 253 cm³/mol. The van der Waals surface area contributed by atoms with E-state index >= 15 is 0 Å². The van der Waals surface area contributed by atoms with Gasteiger partial charge in [0, 0.05) is 85.9 Å². The molecule has 2 atom stereocenters. The third kappa shape index (κ3) is 9.86. The first-order valence-electron chi connectivity index (χ1n) is 24.8. The third-order valence-electron chi connectivity index (χ3n) is 16.6. The number of benzene rings is 2. The highest BCUT2D eigenvalue weighted by molar-refractivity contribution is 7.89. The molecule has 0 spiro atoms. The molecule has 2 heterocycles. The van der Waals surface area contributed by atoms with Gasteiger partial charge in [-0.3, -0.25) is 9.59 Å². The van der Waals surface area contributed by atoms with E-state index in [4.69, 9.17) is 4.74 Å². The number of nitrogens with zero attached hydrogens (tertiary/aromatic N) is 4. The number of urea groups is 2. The molecule has 0 aromatic heterocycles. The second kappa shape index (κ2) is 17.6. The Labute approximate surface area is 394 Å². The zero-order valence-corrected chi connectivity index (χ0v) is 40.1. The van der Waals surface area contributed by atoms with Crippen LogP contribution in [0.4, 0.5) is 25.8 Å². The molecule has 10 aliphatic rings. The van der Waals surface area contributed by atoms with Crippen molar-refractivity contribution < 1.29 is 37.1 Å². The summed E-state index contributed by atoms with van der Waals surface area (Å²) >= 11 is 0. The second-order valence-corrected chi connectivity index (χ2v) is 24.7. The Hall–Kier alpha value is -4.90. The van der Waals surface area contributed by atoms with E-state index in [2.05, 4.69) is 21.3 Å². The average Bonchev–Trinajstić information content (AvgIpc) is 3.26. The van der Waals surface area contributed by atoms with Crippen molar-refractivity contribution in [1.82, 2.24) is 29.6 Å². The summed E-state index contributed by atoms with van der Waals surface area (Å²) in [5.41, 5.74) is 0.992. The van der Waals surface area contributed by atoms with Crippen LogP contribution in [0, 0.1) is 41.4 Å². The summed E-state index contributed by atoms with van der Waals surface area (Å²) in [6, 6.07) is 13.3. The largest absolute Gasteiger partial charge is 0.444 e. The molecule has 17 heteroatoms. The highest BCUT2D eigenvalue weighted by atomic mass is 32.2. The van der Waals surface area contributed by atoms with Crippen molar-refractivity contribution in [2.24, 2.45) is 41.4 Å². The number of carbonyl (C=O) groups excluding carboxylic acids is 5. The van der Waals surface area contributed by atoms with Crippen LogP contribution in [-0.4, -0.2) is 132 Å². The smallest absolute Gasteiger partial charge is 0.410 e. The molecule has 8 saturated carbocycles. The minimum atomic E-state index is -3.60. The molecule has 7 amide bonds. The van der Waals surface area contributed by atoms with Crippen molar-refractivity contribution in [2.75, 3.05) is 68.7 Å². The Morgan fingerprint density at radius 1 is 0.597 bits per heavy atom. The van der Waals surface area contributed by atoms with Gasteiger partial charge in [-0.25, -0.2) is 22.8 Å². The Kier molecular flexibility index (Phi) is 12.0. The van der Waals surface area contributed by atoms with Gasteiger partial charge in [0.2, 0.25) is 10.0 Å². The summed E-state index contributed by atoms with van der Waals surface area (Å²) in [6.07, 6.45) is 11.0. The standard InChI is InChI=1S/C50H68N8O8S/c1-48(2,3)66-47(63)57-13-11-55(12-14-57)43(59)36-7-9-40(10-8-36)51-45(61)54-50-28-35-22-38(29-50)42(39(23-35)30-50)31-67(64,65)58-17-15-56(16-18-58)44(60)37-5-4-6-41(24-37)52-46(62)53-49-25-32-19-33(26-49)21-34(20-32)27-49/h4-10,24,32-35,38-39,42H,11-23,25-31H2,1-3H3,(H2,51,54,61)(H2,52,53,62). The Morgan fingerprint density at radius 2 is 1.07 bits per heavy atom. The number of carbonyl (C=O) groups is 5. The van der Waals surface area contributed by atoms with Crippen molar-refractivity contribution in [1.29, 1.82) is 0 Å². The van der Waals surface area contributed by atoms with Crippen LogP contribution in [0.1, 0.15) is 112 Å². The van der Waals surface area contributed by atoms with Gasteiger partial charge in [-0.2, -0.15) is 4.31 Å². The average molecular weight is 941 g/mol. The first kappa shape index (κ1) is 45.9. The lowest BCUT2D eigenvalue weighted by Crippen LogP contribution is -2.64. The van der Waals surface area contributed by atoms with Crippen LogP contribution in [0.25, 0.3) is 0 Å². The SMILES string of the molecule is CC(C)(C)OC(=O)N1CCN(C(=O)c2ccc(NC(=O)NC34CC5CC(C3)C(CS(=O)(=O)N3CCN(C(=O)c6cccc(NC(=O)NC78CC9CC(CC(C9)C7)C8)c6)CC3)C(C5)C4)cc2)CC1. The predicted octanol–water partition coefficient (Wildman–Crippen LogP) is 6.57. The maximum atomic E-state index is 14.1. The highest BCUT2D eigenvalue weighted by Gasteiger charge is 2.57. The zero-order chi connectivity index (χ0) is 46.9. The maximum absolute atomic E-state index is 14.1. The molecule has 2 saturated heterocycles. The summed E-state index contributed by atoms with van der Waals surface area (Å²) in [4.78, 5) is 71.2. The molecular weight excluding hydrogens is 873 g/mol. The van der Waals surface area contributed by atoms with Gasteiger partial charge in [-0.1, -0.05) is 6.07 Å². The molecule has 2 unspecified atom stereocenters. The number of anilines is 2. The van der Waals surface area contributed by atoms with Crippen molar-refractivity contribution in [3.05, 3.63) is 59.7 Å². The van der Waals surface area contributed by atoms with E-state index in [1.54, 1.807) is 67.5 Å². The number of amides is 7. The summed E-state index contributed by atoms with van der Waals surface area (Å²) in [6.45, 7) is 8.11. The van der Waals surface area contributed by atoms with Gasteiger partial charge in [0.1, 0.15) is 5.60 Å². The number of piperazine rings is 2. The van der Waals surface area contributed by atoms with E-state index in [0.29, 0.717) is 72.4 Å². The minimum absolute atomic E-state index is 0.0138. The van der Waals surface area contributed by atoms with Gasteiger partial charge in [0.25, 0.3) is 11.8 Å². The fraction of sp³-hybridized carbons (Fsp3) is 0.660. The summed E-state index contributed by atoms with van der Waals surface area (Å²) in [5.74, 6) is 2.74. The fourth-order valence-electron chi connectivity index (χ4n) is 14.4. The number of sulfonamides is 1. The van der Waals surface area contributed by atoms with Crippen molar-refractivity contribution in [2.45, 2.75) is 108 Å². The molecule has 8 aliphatic carbocycles. The summed E-state index contributed by atoms with van der Waals surface area (Å²) < 4.78 is 35.1. The zero-order valence-electron chi connectivity index (χ0n) is 39.3. The highest BCUT2D eigenvalue weighted by Crippen LogP contribution is 2.59. The van der Waals surface area contributed by atoms with Gasteiger partial charge in [0.15, 0.2) is 0 Å². The quantitative estimate of drug-likeness (QED) is 0.217. The van der Waals surface area contributed by atoms with Gasteiger partial charge in [-0.05, 0) is 175 Å². The topological polar surface area (TPSA) is 190 Å². The van der Waals surface area contributed by atoms with E-state index in [-0.39, 0.29) is 85.2 Å². The van der Waals surface area contributed by atoms with E-state index in [0.717, 1.165) is 51.4 Å². The van der Waals surface area contributed by atoms with Crippen LogP contribution < -0.4 is 21.3 Å². The molecule has 10 fully saturated rings. The molecule has 2 aromatic rings. The molecular formula is C50H68N8O8S. The van der Waals surface area contributed by atoms with Gasteiger partial charge in [0.05, 0.1) is 5.75 Å². The molecule has 8 bridgehead atoms. The van der Waals surface area contributed by atoms with Crippen LogP contribution in [0.5, 0.6) is 0 Å². The molecule has 12 rings (SSSR count). The maximum Gasteiger partial charge on any atom is 0.410 e. The van der Waals surface area contributed by atoms with Crippen molar-refractivity contribution in [3.63, 3.8) is 0 Å². The molecule has 67 heavy (non-hydrogen) atoms. The lowest BCUT2D eigenvalue weighted by molar-refractivity contribution is -0.0531. The number of nitrogens with one attached hydrogen (secondary N) is 4. The van der Waals surface area contributed by atoms with Crippen LogP contribution in [0.3, 0.4) is 0 Å². The molecule has 0 radical (unpaired) electrons. The van der Waals surface area contributed by atoms with Gasteiger partial charge in [-0.15, -0.1) is 0 Å². The van der Waals surface area contributed by atoms with E-state index in [9.17, 15) is 32.4 Å². The first-order valence-corrected chi connectivity index (χ1v) is 26.4. The molecule has 2 aromatic carbocycles. The van der Waals surface area contributed by atoms with E-state index < -0.39 is 21.2 Å². The molecule has 16 nitrogen and oxygen atoms in total. The summed E-state index contributed by atoms with van der Waals surface area (Å²) in [7, 11) is -3.60. The molecule has 2 aliphatic heterocycles. The third-order valence-corrected chi connectivity index (χ3v) is 18.5. The van der Waals surface area contributed by atoms with Crippen molar-refractivity contribution in [3.8, 4) is 0 Å². The van der Waals surface area contributed by atoms with Gasteiger partial charge >= 0.3 is 18.2 Å². The van der Waals surface area contributed by atoms with E-state index in [1.165, 1.54) is 19.3 Å². The summed E-state index contributed by atoms with van der Waals surface area (Å²) in [5, 5.41) is 12.6. The lowest BCUT2D eigenvalue weighted by atomic mass is 9.49. The minimum Gasteiger partial charge on any atom is -0.444 e. The van der Waals surface area contributed by atoms with E-state index in [1.807, 2.05) is 20.8 Å². The number of hydrogen-bond donors (Lipinski definition) is 4. The second-order valence-electron chi connectivity index (χ2n) is 22.7. The fourth-order valence-corrected chi connectivity index (χ4v) is 16.3. The molecule has 362 valence electrons.